The van der Waals surface area contributed by atoms with E-state index in [0.717, 1.165) is 18.4 Å². The SMILES string of the molecule is CN(C(=O)c1ccsc1)C1CCCC1CN. The van der Waals surface area contributed by atoms with Gasteiger partial charge in [-0.1, -0.05) is 6.42 Å². The molecule has 1 aliphatic carbocycles. The highest BCUT2D eigenvalue weighted by molar-refractivity contribution is 7.08. The van der Waals surface area contributed by atoms with Gasteiger partial charge in [0.2, 0.25) is 0 Å². The van der Waals surface area contributed by atoms with Gasteiger partial charge in [0.05, 0.1) is 5.56 Å². The maximum absolute atomic E-state index is 12.1. The first kappa shape index (κ1) is 11.6. The van der Waals surface area contributed by atoms with E-state index in [1.807, 2.05) is 28.8 Å². The minimum atomic E-state index is 0.131. The molecule has 4 heteroatoms. The number of nitrogens with zero attached hydrogens (tertiary/aromatic N) is 1. The summed E-state index contributed by atoms with van der Waals surface area (Å²) in [6.45, 7) is 0.686. The molecule has 2 unspecified atom stereocenters. The van der Waals surface area contributed by atoms with E-state index in [1.54, 1.807) is 11.3 Å². The van der Waals surface area contributed by atoms with Crippen molar-refractivity contribution in [3.8, 4) is 0 Å². The Morgan fingerprint density at radius 3 is 3.06 bits per heavy atom. The van der Waals surface area contributed by atoms with Gasteiger partial charge in [-0.15, -0.1) is 0 Å². The smallest absolute Gasteiger partial charge is 0.254 e. The maximum atomic E-state index is 12.1. The molecule has 0 spiro atoms. The quantitative estimate of drug-likeness (QED) is 0.875. The minimum absolute atomic E-state index is 0.131. The van der Waals surface area contributed by atoms with E-state index in [4.69, 9.17) is 5.73 Å². The third kappa shape index (κ3) is 2.13. The third-order valence-corrected chi connectivity index (χ3v) is 4.19. The summed E-state index contributed by atoms with van der Waals surface area (Å²) in [6.07, 6.45) is 3.43. The number of rotatable bonds is 3. The van der Waals surface area contributed by atoms with Crippen LogP contribution in [-0.2, 0) is 0 Å². The summed E-state index contributed by atoms with van der Waals surface area (Å²) in [5.41, 5.74) is 6.55. The molecule has 1 aromatic heterocycles. The van der Waals surface area contributed by atoms with Gasteiger partial charge in [0, 0.05) is 18.5 Å². The van der Waals surface area contributed by atoms with E-state index in [1.165, 1.54) is 6.42 Å². The monoisotopic (exact) mass is 238 g/mol. The first-order valence-corrected chi connectivity index (χ1v) is 6.67. The van der Waals surface area contributed by atoms with Gasteiger partial charge in [0.1, 0.15) is 0 Å². The molecule has 1 aliphatic rings. The molecule has 0 bridgehead atoms. The molecule has 0 aromatic carbocycles. The van der Waals surface area contributed by atoms with Crippen molar-refractivity contribution in [2.45, 2.75) is 25.3 Å². The van der Waals surface area contributed by atoms with Crippen LogP contribution in [0.15, 0.2) is 16.8 Å². The molecule has 0 aliphatic heterocycles. The van der Waals surface area contributed by atoms with E-state index in [2.05, 4.69) is 0 Å². The van der Waals surface area contributed by atoms with Gasteiger partial charge in [-0.25, -0.2) is 0 Å². The largest absolute Gasteiger partial charge is 0.338 e. The van der Waals surface area contributed by atoms with Crippen molar-refractivity contribution in [1.29, 1.82) is 0 Å². The van der Waals surface area contributed by atoms with Crippen LogP contribution in [0, 0.1) is 5.92 Å². The number of carbonyl (C=O) groups is 1. The van der Waals surface area contributed by atoms with Crippen LogP contribution in [0.3, 0.4) is 0 Å². The van der Waals surface area contributed by atoms with Crippen LogP contribution in [0.2, 0.25) is 0 Å². The molecule has 1 amide bonds. The average Bonchev–Trinajstić information content (AvgIpc) is 2.97. The third-order valence-electron chi connectivity index (χ3n) is 3.51. The van der Waals surface area contributed by atoms with E-state index in [0.29, 0.717) is 18.5 Å². The number of hydrogen-bond donors (Lipinski definition) is 1. The summed E-state index contributed by atoms with van der Waals surface area (Å²) < 4.78 is 0. The van der Waals surface area contributed by atoms with Crippen molar-refractivity contribution in [1.82, 2.24) is 4.90 Å². The zero-order valence-electron chi connectivity index (χ0n) is 9.56. The summed E-state index contributed by atoms with van der Waals surface area (Å²) in [6, 6.07) is 2.22. The van der Waals surface area contributed by atoms with Crippen LogP contribution in [0.1, 0.15) is 29.6 Å². The van der Waals surface area contributed by atoms with Crippen LogP contribution < -0.4 is 5.73 Å². The lowest BCUT2D eigenvalue weighted by molar-refractivity contribution is 0.0700. The molecule has 3 nitrogen and oxygen atoms in total. The van der Waals surface area contributed by atoms with Crippen molar-refractivity contribution in [3.63, 3.8) is 0 Å². The highest BCUT2D eigenvalue weighted by Gasteiger charge is 2.32. The fourth-order valence-electron chi connectivity index (χ4n) is 2.54. The number of hydrogen-bond acceptors (Lipinski definition) is 3. The standard InChI is InChI=1S/C12H18N2OS/c1-14(11-4-2-3-9(11)7-13)12(15)10-5-6-16-8-10/h5-6,8-9,11H,2-4,7,13H2,1H3. The first-order chi connectivity index (χ1) is 7.74. The zero-order valence-corrected chi connectivity index (χ0v) is 10.4. The number of nitrogens with two attached hydrogens (primary N) is 1. The lowest BCUT2D eigenvalue weighted by Gasteiger charge is -2.29. The highest BCUT2D eigenvalue weighted by atomic mass is 32.1. The second-order valence-corrected chi connectivity index (χ2v) is 5.20. The Morgan fingerprint density at radius 2 is 2.44 bits per heavy atom. The predicted molar refractivity (Wildman–Crippen MR) is 66.6 cm³/mol. The Hall–Kier alpha value is -0.870. The molecule has 1 fully saturated rings. The number of carbonyl (C=O) groups excluding carboxylic acids is 1. The molecule has 1 heterocycles. The fraction of sp³-hybridized carbons (Fsp3) is 0.583. The van der Waals surface area contributed by atoms with Crippen molar-refractivity contribution in [2.75, 3.05) is 13.6 Å². The molecular weight excluding hydrogens is 220 g/mol. The lowest BCUT2D eigenvalue weighted by atomic mass is 10.0. The molecule has 0 saturated heterocycles. The van der Waals surface area contributed by atoms with Crippen LogP contribution in [-0.4, -0.2) is 30.4 Å². The molecule has 2 rings (SSSR count). The maximum Gasteiger partial charge on any atom is 0.254 e. The highest BCUT2D eigenvalue weighted by Crippen LogP contribution is 2.29. The Kier molecular flexibility index (Phi) is 3.61. The van der Waals surface area contributed by atoms with E-state index in [-0.39, 0.29) is 5.91 Å². The topological polar surface area (TPSA) is 46.3 Å². The summed E-state index contributed by atoms with van der Waals surface area (Å²) in [7, 11) is 1.90. The average molecular weight is 238 g/mol. The number of thiophene rings is 1. The van der Waals surface area contributed by atoms with Crippen LogP contribution in [0.5, 0.6) is 0 Å². The molecule has 0 radical (unpaired) electrons. The Balaban J connectivity index is 2.07. The molecule has 88 valence electrons. The van der Waals surface area contributed by atoms with Crippen LogP contribution in [0.25, 0.3) is 0 Å². The lowest BCUT2D eigenvalue weighted by Crippen LogP contribution is -2.41. The van der Waals surface area contributed by atoms with Crippen LogP contribution >= 0.6 is 11.3 Å². The van der Waals surface area contributed by atoms with Gasteiger partial charge in [-0.2, -0.15) is 11.3 Å². The van der Waals surface area contributed by atoms with Crippen molar-refractivity contribution in [3.05, 3.63) is 22.4 Å². The molecular formula is C12H18N2OS. The summed E-state index contributed by atoms with van der Waals surface area (Å²) in [4.78, 5) is 14.0. The molecule has 1 aromatic rings. The zero-order chi connectivity index (χ0) is 11.5. The Labute approximate surface area is 100 Å². The molecule has 1 saturated carbocycles. The van der Waals surface area contributed by atoms with E-state index >= 15 is 0 Å². The van der Waals surface area contributed by atoms with Crippen LogP contribution in [0.4, 0.5) is 0 Å². The van der Waals surface area contributed by atoms with E-state index in [9.17, 15) is 4.79 Å². The first-order valence-electron chi connectivity index (χ1n) is 5.73. The van der Waals surface area contributed by atoms with Crippen molar-refractivity contribution >= 4 is 17.2 Å². The van der Waals surface area contributed by atoms with Gasteiger partial charge in [-0.3, -0.25) is 4.79 Å². The van der Waals surface area contributed by atoms with Gasteiger partial charge < -0.3 is 10.6 Å². The summed E-state index contributed by atoms with van der Waals surface area (Å²) in [5.74, 6) is 0.610. The fourth-order valence-corrected chi connectivity index (χ4v) is 3.17. The van der Waals surface area contributed by atoms with E-state index < -0.39 is 0 Å². The molecule has 2 atom stereocenters. The molecule has 2 N–H and O–H groups in total. The minimum Gasteiger partial charge on any atom is -0.338 e. The second kappa shape index (κ2) is 4.97. The van der Waals surface area contributed by atoms with Gasteiger partial charge in [-0.05, 0) is 36.8 Å². The Bertz CT molecular complexity index is 350. The Morgan fingerprint density at radius 1 is 1.62 bits per heavy atom. The van der Waals surface area contributed by atoms with Crippen molar-refractivity contribution in [2.24, 2.45) is 11.7 Å². The van der Waals surface area contributed by atoms with Gasteiger partial charge >= 0.3 is 0 Å². The van der Waals surface area contributed by atoms with Gasteiger partial charge in [0.25, 0.3) is 5.91 Å². The van der Waals surface area contributed by atoms with Gasteiger partial charge in [0.15, 0.2) is 0 Å². The second-order valence-electron chi connectivity index (χ2n) is 4.42. The molecule has 16 heavy (non-hydrogen) atoms. The summed E-state index contributed by atoms with van der Waals surface area (Å²) >= 11 is 1.56. The number of amides is 1. The normalized spacial score (nSPS) is 24.6. The summed E-state index contributed by atoms with van der Waals surface area (Å²) in [5, 5.41) is 3.85. The predicted octanol–water partition coefficient (Wildman–Crippen LogP) is 1.95. The van der Waals surface area contributed by atoms with Crippen molar-refractivity contribution < 1.29 is 4.79 Å².